The van der Waals surface area contributed by atoms with Crippen molar-refractivity contribution >= 4 is 37.0 Å². The Labute approximate surface area is 194 Å². The number of sulfone groups is 2. The van der Waals surface area contributed by atoms with Crippen LogP contribution in [0.5, 0.6) is 5.75 Å². The molecule has 2 saturated heterocycles. The zero-order valence-corrected chi connectivity index (χ0v) is 20.2. The van der Waals surface area contributed by atoms with E-state index in [0.717, 1.165) is 5.69 Å². The molecule has 0 N–H and O–H groups in total. The fourth-order valence-electron chi connectivity index (χ4n) is 4.49. The number of anilines is 1. The Balaban J connectivity index is 1.53. The largest absolute Gasteiger partial charge is 0.494 e. The van der Waals surface area contributed by atoms with E-state index in [2.05, 4.69) is 4.90 Å². The molecule has 0 aromatic heterocycles. The maximum Gasteiger partial charge on any atom is 0.183 e. The van der Waals surface area contributed by atoms with E-state index in [1.807, 2.05) is 36.1 Å². The van der Waals surface area contributed by atoms with Gasteiger partial charge in [0.1, 0.15) is 5.75 Å². The van der Waals surface area contributed by atoms with Gasteiger partial charge in [-0.15, -0.1) is 0 Å². The van der Waals surface area contributed by atoms with Crippen LogP contribution in [0.1, 0.15) is 6.92 Å². The number of hydrogen-bond donors (Lipinski definition) is 0. The van der Waals surface area contributed by atoms with E-state index in [1.165, 1.54) is 12.1 Å². The van der Waals surface area contributed by atoms with Gasteiger partial charge < -0.3 is 9.64 Å². The standard InChI is InChI=1S/C22H27ClN2O5S2/c1-2-30-19-6-8-20(9-7-19)32(28,29)22-16-31(26,27)15-21(22)25-12-10-24(11-13-25)18-5-3-4-17(23)14-18/h3-9,14,21-22H,2,10-13,15-16H2,1H3/t21-,22-/m0/s1. The number of ether oxygens (including phenoxy) is 1. The number of hydrogen-bond acceptors (Lipinski definition) is 7. The second kappa shape index (κ2) is 9.21. The summed E-state index contributed by atoms with van der Waals surface area (Å²) in [6.07, 6.45) is 0. The average Bonchev–Trinajstić information content (AvgIpc) is 3.11. The summed E-state index contributed by atoms with van der Waals surface area (Å²) in [4.78, 5) is 4.33. The van der Waals surface area contributed by atoms with Gasteiger partial charge in [0.05, 0.1) is 28.3 Å². The Bertz CT molecular complexity index is 1160. The van der Waals surface area contributed by atoms with Crippen LogP contribution in [0.15, 0.2) is 53.4 Å². The molecule has 0 radical (unpaired) electrons. The fourth-order valence-corrected chi connectivity index (χ4v) is 9.50. The SMILES string of the molecule is CCOc1ccc(S(=O)(=O)[C@H]2CS(=O)(=O)C[C@@H]2N2CCN(c3cccc(Cl)c3)CC2)cc1. The molecule has 32 heavy (non-hydrogen) atoms. The molecule has 4 rings (SSSR count). The van der Waals surface area contributed by atoms with E-state index in [9.17, 15) is 16.8 Å². The summed E-state index contributed by atoms with van der Waals surface area (Å²) >= 11 is 6.10. The Hall–Kier alpha value is -1.81. The summed E-state index contributed by atoms with van der Waals surface area (Å²) in [6, 6.07) is 13.3. The molecule has 2 aliphatic rings. The maximum atomic E-state index is 13.4. The molecule has 2 aliphatic heterocycles. The summed E-state index contributed by atoms with van der Waals surface area (Å²) in [5.41, 5.74) is 1.01. The van der Waals surface area contributed by atoms with Crippen LogP contribution in [0, 0.1) is 0 Å². The summed E-state index contributed by atoms with van der Waals surface area (Å²) < 4.78 is 57.2. The van der Waals surface area contributed by atoms with Crippen molar-refractivity contribution in [2.75, 3.05) is 49.2 Å². The molecule has 0 bridgehead atoms. The molecule has 2 fully saturated rings. The molecule has 0 spiro atoms. The van der Waals surface area contributed by atoms with E-state index in [1.54, 1.807) is 12.1 Å². The van der Waals surface area contributed by atoms with Gasteiger partial charge in [-0.2, -0.15) is 0 Å². The van der Waals surface area contributed by atoms with Crippen molar-refractivity contribution in [3.63, 3.8) is 0 Å². The minimum absolute atomic E-state index is 0.130. The summed E-state index contributed by atoms with van der Waals surface area (Å²) in [7, 11) is -7.27. The molecule has 7 nitrogen and oxygen atoms in total. The fraction of sp³-hybridized carbons (Fsp3) is 0.455. The number of rotatable bonds is 6. The van der Waals surface area contributed by atoms with Crippen LogP contribution in [0.25, 0.3) is 0 Å². The number of benzene rings is 2. The molecule has 174 valence electrons. The number of piperazine rings is 1. The lowest BCUT2D eigenvalue weighted by Crippen LogP contribution is -2.55. The first-order valence-electron chi connectivity index (χ1n) is 10.6. The van der Waals surface area contributed by atoms with Crippen LogP contribution < -0.4 is 9.64 Å². The van der Waals surface area contributed by atoms with Crippen molar-refractivity contribution < 1.29 is 21.6 Å². The van der Waals surface area contributed by atoms with Gasteiger partial charge in [0.25, 0.3) is 0 Å². The number of halogens is 1. The van der Waals surface area contributed by atoms with Gasteiger partial charge in [0.15, 0.2) is 19.7 Å². The van der Waals surface area contributed by atoms with Crippen molar-refractivity contribution in [3.8, 4) is 5.75 Å². The van der Waals surface area contributed by atoms with E-state index in [4.69, 9.17) is 16.3 Å². The summed E-state index contributed by atoms with van der Waals surface area (Å²) in [5.74, 6) is 0.103. The van der Waals surface area contributed by atoms with Crippen molar-refractivity contribution in [2.45, 2.75) is 23.1 Å². The maximum absolute atomic E-state index is 13.4. The normalized spacial score (nSPS) is 23.9. The molecule has 2 heterocycles. The molecular weight excluding hydrogens is 472 g/mol. The zero-order chi connectivity index (χ0) is 22.9. The molecule has 2 aromatic carbocycles. The van der Waals surface area contributed by atoms with Crippen LogP contribution in [0.4, 0.5) is 5.69 Å². The molecule has 10 heteroatoms. The second-order valence-corrected chi connectivity index (χ2v) is 12.9. The van der Waals surface area contributed by atoms with Crippen LogP contribution in [0.2, 0.25) is 5.02 Å². The molecule has 0 aliphatic carbocycles. The molecule has 2 atom stereocenters. The van der Waals surface area contributed by atoms with Crippen molar-refractivity contribution in [1.29, 1.82) is 0 Å². The predicted octanol–water partition coefficient (Wildman–Crippen LogP) is 2.50. The minimum Gasteiger partial charge on any atom is -0.494 e. The van der Waals surface area contributed by atoms with Crippen LogP contribution >= 0.6 is 11.6 Å². The van der Waals surface area contributed by atoms with Gasteiger partial charge in [-0.05, 0) is 49.4 Å². The third-order valence-electron chi connectivity index (χ3n) is 6.09. The van der Waals surface area contributed by atoms with E-state index in [-0.39, 0.29) is 16.4 Å². The monoisotopic (exact) mass is 498 g/mol. The van der Waals surface area contributed by atoms with E-state index in [0.29, 0.717) is 43.6 Å². The highest BCUT2D eigenvalue weighted by atomic mass is 35.5. The zero-order valence-electron chi connectivity index (χ0n) is 17.9. The molecule has 0 amide bonds. The van der Waals surface area contributed by atoms with Gasteiger partial charge in [-0.3, -0.25) is 4.90 Å². The third kappa shape index (κ3) is 4.90. The predicted molar refractivity (Wildman–Crippen MR) is 126 cm³/mol. The first-order chi connectivity index (χ1) is 15.2. The first kappa shape index (κ1) is 23.4. The van der Waals surface area contributed by atoms with Gasteiger partial charge in [-0.25, -0.2) is 16.8 Å². The van der Waals surface area contributed by atoms with Gasteiger partial charge in [0.2, 0.25) is 0 Å². The van der Waals surface area contributed by atoms with Gasteiger partial charge in [0, 0.05) is 42.9 Å². The first-order valence-corrected chi connectivity index (χ1v) is 14.4. The lowest BCUT2D eigenvalue weighted by molar-refractivity contribution is 0.201. The average molecular weight is 499 g/mol. The molecule has 2 aromatic rings. The lowest BCUT2D eigenvalue weighted by atomic mass is 10.1. The van der Waals surface area contributed by atoms with E-state index >= 15 is 0 Å². The molecule has 0 unspecified atom stereocenters. The highest BCUT2D eigenvalue weighted by Crippen LogP contribution is 2.31. The topological polar surface area (TPSA) is 84.0 Å². The summed E-state index contributed by atoms with van der Waals surface area (Å²) in [6.45, 7) is 4.85. The quantitative estimate of drug-likeness (QED) is 0.605. The molecule has 0 saturated carbocycles. The van der Waals surface area contributed by atoms with Gasteiger partial charge in [-0.1, -0.05) is 17.7 Å². The summed E-state index contributed by atoms with van der Waals surface area (Å²) in [5, 5.41) is -0.323. The van der Waals surface area contributed by atoms with Crippen LogP contribution in [-0.4, -0.2) is 77.3 Å². The number of nitrogens with zero attached hydrogens (tertiary/aromatic N) is 2. The van der Waals surface area contributed by atoms with Crippen LogP contribution in [-0.2, 0) is 19.7 Å². The Morgan fingerprint density at radius 3 is 2.34 bits per heavy atom. The highest BCUT2D eigenvalue weighted by molar-refractivity contribution is 7.96. The smallest absolute Gasteiger partial charge is 0.183 e. The van der Waals surface area contributed by atoms with Crippen molar-refractivity contribution in [1.82, 2.24) is 4.90 Å². The van der Waals surface area contributed by atoms with Crippen molar-refractivity contribution in [2.24, 2.45) is 0 Å². The van der Waals surface area contributed by atoms with E-state index < -0.39 is 31.0 Å². The Morgan fingerprint density at radius 2 is 1.72 bits per heavy atom. The Kier molecular flexibility index (Phi) is 6.72. The van der Waals surface area contributed by atoms with Crippen molar-refractivity contribution in [3.05, 3.63) is 53.6 Å². The highest BCUT2D eigenvalue weighted by Gasteiger charge is 2.48. The Morgan fingerprint density at radius 1 is 1.03 bits per heavy atom. The minimum atomic E-state index is -3.82. The second-order valence-electron chi connectivity index (χ2n) is 8.14. The third-order valence-corrected chi connectivity index (χ3v) is 10.5. The lowest BCUT2D eigenvalue weighted by Gasteiger charge is -2.40. The van der Waals surface area contributed by atoms with Crippen LogP contribution in [0.3, 0.4) is 0 Å². The molecular formula is C22H27ClN2O5S2. The van der Waals surface area contributed by atoms with Gasteiger partial charge >= 0.3 is 0 Å².